The van der Waals surface area contributed by atoms with Gasteiger partial charge in [0.05, 0.1) is 7.11 Å². The van der Waals surface area contributed by atoms with Gasteiger partial charge in [-0.15, -0.1) is 0 Å². The van der Waals surface area contributed by atoms with E-state index in [9.17, 15) is 0 Å². The maximum absolute atomic E-state index is 5.34. The van der Waals surface area contributed by atoms with Crippen LogP contribution in [0.1, 0.15) is 11.1 Å². The van der Waals surface area contributed by atoms with E-state index in [1.54, 1.807) is 7.11 Å². The highest BCUT2D eigenvalue weighted by molar-refractivity contribution is 9.10. The molecule has 3 heteroatoms. The molecule has 0 aliphatic carbocycles. The van der Waals surface area contributed by atoms with Crippen molar-refractivity contribution in [2.24, 2.45) is 0 Å². The number of hydrogen-bond donors (Lipinski definition) is 1. The lowest BCUT2D eigenvalue weighted by molar-refractivity contribution is 0.410. The lowest BCUT2D eigenvalue weighted by Crippen LogP contribution is -2.03. The van der Waals surface area contributed by atoms with Crippen LogP contribution in [0, 0.1) is 6.92 Å². The molecule has 0 bridgehead atoms. The number of halogens is 1. The Morgan fingerprint density at radius 3 is 2.67 bits per heavy atom. The summed E-state index contributed by atoms with van der Waals surface area (Å²) in [7, 11) is 1.70. The molecule has 0 aromatic heterocycles. The highest BCUT2D eigenvalue weighted by Crippen LogP contribution is 2.25. The third-order valence-electron chi connectivity index (χ3n) is 2.93. The van der Waals surface area contributed by atoms with Crippen LogP contribution < -0.4 is 10.1 Å². The van der Waals surface area contributed by atoms with E-state index in [1.165, 1.54) is 5.56 Å². The summed E-state index contributed by atoms with van der Waals surface area (Å²) in [4.78, 5) is 0. The molecule has 0 atom stereocenters. The zero-order chi connectivity index (χ0) is 13.0. The summed E-state index contributed by atoms with van der Waals surface area (Å²) in [5.41, 5.74) is 3.50. The second-order valence-corrected chi connectivity index (χ2v) is 4.93. The average molecular weight is 306 g/mol. The topological polar surface area (TPSA) is 21.3 Å². The summed E-state index contributed by atoms with van der Waals surface area (Å²) in [6.07, 6.45) is 0. The quantitative estimate of drug-likeness (QED) is 0.905. The van der Waals surface area contributed by atoms with Crippen molar-refractivity contribution >= 4 is 21.6 Å². The maximum Gasteiger partial charge on any atom is 0.123 e. The number of rotatable bonds is 4. The van der Waals surface area contributed by atoms with E-state index >= 15 is 0 Å². The van der Waals surface area contributed by atoms with Gasteiger partial charge in [0.25, 0.3) is 0 Å². The number of anilines is 1. The summed E-state index contributed by atoms with van der Waals surface area (Å²) < 4.78 is 6.46. The number of ether oxygens (including phenoxy) is 1. The highest BCUT2D eigenvalue weighted by atomic mass is 79.9. The SMILES string of the molecule is COc1ccccc1CNc1cccc(Br)c1C. The van der Waals surface area contributed by atoms with E-state index in [0.29, 0.717) is 0 Å². The predicted molar refractivity (Wildman–Crippen MR) is 79.2 cm³/mol. The van der Waals surface area contributed by atoms with E-state index in [1.807, 2.05) is 30.3 Å². The molecule has 0 radical (unpaired) electrons. The first-order valence-electron chi connectivity index (χ1n) is 5.83. The van der Waals surface area contributed by atoms with E-state index < -0.39 is 0 Å². The lowest BCUT2D eigenvalue weighted by atomic mass is 10.1. The van der Waals surface area contributed by atoms with Gasteiger partial charge in [-0.3, -0.25) is 0 Å². The minimum atomic E-state index is 0.751. The first kappa shape index (κ1) is 13.0. The Hall–Kier alpha value is -1.48. The van der Waals surface area contributed by atoms with Crippen LogP contribution in [0.2, 0.25) is 0 Å². The molecular weight excluding hydrogens is 290 g/mol. The third-order valence-corrected chi connectivity index (χ3v) is 3.79. The first-order chi connectivity index (χ1) is 8.72. The number of methoxy groups -OCH3 is 1. The smallest absolute Gasteiger partial charge is 0.123 e. The third kappa shape index (κ3) is 2.85. The Morgan fingerprint density at radius 1 is 1.11 bits per heavy atom. The van der Waals surface area contributed by atoms with Crippen molar-refractivity contribution in [3.8, 4) is 5.75 Å². The fraction of sp³-hybridized carbons (Fsp3) is 0.200. The summed E-state index contributed by atoms with van der Waals surface area (Å²) >= 11 is 3.54. The van der Waals surface area contributed by atoms with Gasteiger partial charge in [-0.1, -0.05) is 40.2 Å². The van der Waals surface area contributed by atoms with Crippen LogP contribution in [-0.4, -0.2) is 7.11 Å². The van der Waals surface area contributed by atoms with Crippen LogP contribution in [0.15, 0.2) is 46.9 Å². The van der Waals surface area contributed by atoms with Gasteiger partial charge in [-0.2, -0.15) is 0 Å². The molecule has 0 unspecified atom stereocenters. The second kappa shape index (κ2) is 5.91. The van der Waals surface area contributed by atoms with Gasteiger partial charge < -0.3 is 10.1 Å². The standard InChI is InChI=1S/C15H16BrNO/c1-11-13(16)7-5-8-14(11)17-10-12-6-3-4-9-15(12)18-2/h3-9,17H,10H2,1-2H3. The van der Waals surface area contributed by atoms with E-state index in [0.717, 1.165) is 28.0 Å². The summed E-state index contributed by atoms with van der Waals surface area (Å²) in [5.74, 6) is 0.914. The molecule has 0 amide bonds. The van der Waals surface area contributed by atoms with E-state index in [-0.39, 0.29) is 0 Å². The van der Waals surface area contributed by atoms with Crippen LogP contribution in [-0.2, 0) is 6.54 Å². The predicted octanol–water partition coefficient (Wildman–Crippen LogP) is 4.38. The van der Waals surface area contributed by atoms with Crippen molar-refractivity contribution in [1.82, 2.24) is 0 Å². The zero-order valence-corrected chi connectivity index (χ0v) is 12.1. The van der Waals surface area contributed by atoms with Gasteiger partial charge in [0.15, 0.2) is 0 Å². The fourth-order valence-corrected chi connectivity index (χ4v) is 2.20. The fourth-order valence-electron chi connectivity index (χ4n) is 1.84. The molecule has 2 nitrogen and oxygen atoms in total. The average Bonchev–Trinajstić information content (AvgIpc) is 2.41. The minimum Gasteiger partial charge on any atom is -0.496 e. The van der Waals surface area contributed by atoms with Crippen molar-refractivity contribution in [3.05, 3.63) is 58.1 Å². The monoisotopic (exact) mass is 305 g/mol. The first-order valence-corrected chi connectivity index (χ1v) is 6.62. The second-order valence-electron chi connectivity index (χ2n) is 4.08. The molecular formula is C15H16BrNO. The molecule has 0 aliphatic heterocycles. The molecule has 0 fully saturated rings. The van der Waals surface area contributed by atoms with Crippen LogP contribution >= 0.6 is 15.9 Å². The highest BCUT2D eigenvalue weighted by Gasteiger charge is 2.04. The Kier molecular flexibility index (Phi) is 4.26. The Bertz CT molecular complexity index is 540. The molecule has 0 aliphatic rings. The van der Waals surface area contributed by atoms with E-state index in [2.05, 4.69) is 40.3 Å². The van der Waals surface area contributed by atoms with Crippen LogP contribution in [0.3, 0.4) is 0 Å². The molecule has 0 heterocycles. The minimum absolute atomic E-state index is 0.751. The van der Waals surface area contributed by atoms with Gasteiger partial charge >= 0.3 is 0 Å². The summed E-state index contributed by atoms with van der Waals surface area (Å²) in [6, 6.07) is 14.2. The van der Waals surface area contributed by atoms with Crippen molar-refractivity contribution in [3.63, 3.8) is 0 Å². The normalized spacial score (nSPS) is 10.2. The molecule has 0 saturated heterocycles. The molecule has 18 heavy (non-hydrogen) atoms. The number of para-hydroxylation sites is 1. The van der Waals surface area contributed by atoms with Gasteiger partial charge in [0, 0.05) is 22.3 Å². The molecule has 2 rings (SSSR count). The van der Waals surface area contributed by atoms with Crippen molar-refractivity contribution in [2.45, 2.75) is 13.5 Å². The number of benzene rings is 2. The van der Waals surface area contributed by atoms with Crippen molar-refractivity contribution < 1.29 is 4.74 Å². The summed E-state index contributed by atoms with van der Waals surface area (Å²) in [6.45, 7) is 2.84. The Balaban J connectivity index is 2.14. The molecule has 94 valence electrons. The molecule has 1 N–H and O–H groups in total. The number of hydrogen-bond acceptors (Lipinski definition) is 2. The lowest BCUT2D eigenvalue weighted by Gasteiger charge is -2.13. The van der Waals surface area contributed by atoms with Crippen molar-refractivity contribution in [2.75, 3.05) is 12.4 Å². The zero-order valence-electron chi connectivity index (χ0n) is 10.5. The number of nitrogens with one attached hydrogen (secondary N) is 1. The Morgan fingerprint density at radius 2 is 1.89 bits per heavy atom. The van der Waals surface area contributed by atoms with Gasteiger partial charge in [-0.25, -0.2) is 0 Å². The van der Waals surface area contributed by atoms with Gasteiger partial charge in [-0.05, 0) is 30.7 Å². The van der Waals surface area contributed by atoms with Crippen LogP contribution in [0.25, 0.3) is 0 Å². The van der Waals surface area contributed by atoms with Gasteiger partial charge in [0.1, 0.15) is 5.75 Å². The van der Waals surface area contributed by atoms with Crippen LogP contribution in [0.5, 0.6) is 5.75 Å². The van der Waals surface area contributed by atoms with Crippen LogP contribution in [0.4, 0.5) is 5.69 Å². The largest absolute Gasteiger partial charge is 0.496 e. The molecule has 2 aromatic rings. The maximum atomic E-state index is 5.34. The summed E-state index contributed by atoms with van der Waals surface area (Å²) in [5, 5.41) is 3.43. The van der Waals surface area contributed by atoms with Gasteiger partial charge in [0.2, 0.25) is 0 Å². The van der Waals surface area contributed by atoms with Crippen molar-refractivity contribution in [1.29, 1.82) is 0 Å². The molecule has 0 saturated carbocycles. The molecule has 0 spiro atoms. The Labute approximate surface area is 116 Å². The van der Waals surface area contributed by atoms with E-state index in [4.69, 9.17) is 4.74 Å². The molecule has 2 aromatic carbocycles.